The minimum absolute atomic E-state index is 0.614. The molecule has 2 N–H and O–H groups in total. The zero-order valence-electron chi connectivity index (χ0n) is 9.32. The first-order valence-electron chi connectivity index (χ1n) is 5.11. The first kappa shape index (κ1) is 12.1. The molecule has 0 saturated heterocycles. The Morgan fingerprint density at radius 3 is 2.18 bits per heavy atom. The minimum atomic E-state index is 0.614. The topological polar surface area (TPSA) is 29.3 Å². The Hall–Kier alpha value is -1.38. The highest BCUT2D eigenvalue weighted by Crippen LogP contribution is 2.30. The third-order valence-corrected chi connectivity index (χ3v) is 2.93. The summed E-state index contributed by atoms with van der Waals surface area (Å²) in [5.41, 5.74) is 8.39. The normalized spacial score (nSPS) is 10.3. The maximum Gasteiger partial charge on any atom is 0.0441 e. The number of benzene rings is 2. The van der Waals surface area contributed by atoms with Crippen LogP contribution in [0.1, 0.15) is 0 Å². The van der Waals surface area contributed by atoms with Crippen LogP contribution < -0.4 is 10.6 Å². The molecule has 0 unspecified atom stereocenters. The van der Waals surface area contributed by atoms with Gasteiger partial charge in [-0.15, -0.1) is 0 Å². The lowest BCUT2D eigenvalue weighted by molar-refractivity contribution is 1.21. The van der Waals surface area contributed by atoms with Crippen LogP contribution in [0.2, 0.25) is 10.0 Å². The molecule has 2 aromatic rings. The molecule has 88 valence electrons. The molecule has 0 amide bonds. The number of nitrogen functional groups attached to an aromatic ring is 1. The predicted molar refractivity (Wildman–Crippen MR) is 75.4 cm³/mol. The van der Waals surface area contributed by atoms with Crippen LogP contribution in [-0.4, -0.2) is 7.05 Å². The molecule has 0 atom stereocenters. The van der Waals surface area contributed by atoms with Gasteiger partial charge >= 0.3 is 0 Å². The quantitative estimate of drug-likeness (QED) is 0.820. The number of rotatable bonds is 2. The molecule has 0 aliphatic heterocycles. The number of hydrogen-bond acceptors (Lipinski definition) is 2. The molecule has 2 nitrogen and oxygen atoms in total. The summed E-state index contributed by atoms with van der Waals surface area (Å²) in [6.45, 7) is 0. The lowest BCUT2D eigenvalue weighted by atomic mass is 10.2. The third kappa shape index (κ3) is 2.84. The fourth-order valence-corrected chi connectivity index (χ4v) is 2.13. The second kappa shape index (κ2) is 4.86. The fourth-order valence-electron chi connectivity index (χ4n) is 1.62. The van der Waals surface area contributed by atoms with E-state index in [2.05, 4.69) is 0 Å². The zero-order valence-corrected chi connectivity index (χ0v) is 10.8. The minimum Gasteiger partial charge on any atom is -0.399 e. The molecule has 0 bridgehead atoms. The number of nitrogens with two attached hydrogens (primary N) is 1. The summed E-state index contributed by atoms with van der Waals surface area (Å²) < 4.78 is 0. The summed E-state index contributed by atoms with van der Waals surface area (Å²) in [6, 6.07) is 13.1. The van der Waals surface area contributed by atoms with Crippen molar-refractivity contribution in [2.45, 2.75) is 0 Å². The third-order valence-electron chi connectivity index (χ3n) is 2.49. The Morgan fingerprint density at radius 2 is 1.59 bits per heavy atom. The Bertz CT molecular complexity index is 520. The number of hydrogen-bond donors (Lipinski definition) is 1. The SMILES string of the molecule is CN(c1cccc(N)c1)c1cc(Cl)cc(Cl)c1. The van der Waals surface area contributed by atoms with E-state index in [1.54, 1.807) is 6.07 Å². The Labute approximate surface area is 111 Å². The van der Waals surface area contributed by atoms with Crippen LogP contribution in [-0.2, 0) is 0 Å². The van der Waals surface area contributed by atoms with E-state index in [1.165, 1.54) is 0 Å². The van der Waals surface area contributed by atoms with Crippen LogP contribution in [0.15, 0.2) is 42.5 Å². The van der Waals surface area contributed by atoms with Crippen molar-refractivity contribution in [3.05, 3.63) is 52.5 Å². The van der Waals surface area contributed by atoms with Crippen LogP contribution in [0.3, 0.4) is 0 Å². The van der Waals surface area contributed by atoms with Gasteiger partial charge in [-0.3, -0.25) is 0 Å². The van der Waals surface area contributed by atoms with Crippen molar-refractivity contribution in [2.75, 3.05) is 17.7 Å². The molecule has 0 aliphatic rings. The molecule has 0 heterocycles. The van der Waals surface area contributed by atoms with Crippen molar-refractivity contribution in [2.24, 2.45) is 0 Å². The van der Waals surface area contributed by atoms with E-state index in [4.69, 9.17) is 28.9 Å². The van der Waals surface area contributed by atoms with E-state index in [0.717, 1.165) is 17.1 Å². The molecule has 0 spiro atoms. The van der Waals surface area contributed by atoms with Crippen molar-refractivity contribution in [3.63, 3.8) is 0 Å². The molecule has 0 aliphatic carbocycles. The Balaban J connectivity index is 2.39. The first-order chi connectivity index (χ1) is 8.06. The van der Waals surface area contributed by atoms with E-state index >= 15 is 0 Å². The molecule has 0 radical (unpaired) electrons. The van der Waals surface area contributed by atoms with Crippen LogP contribution in [0.5, 0.6) is 0 Å². The van der Waals surface area contributed by atoms with Gasteiger partial charge in [-0.25, -0.2) is 0 Å². The zero-order chi connectivity index (χ0) is 12.4. The molecule has 0 fully saturated rings. The average Bonchev–Trinajstić information content (AvgIpc) is 2.26. The molecule has 4 heteroatoms. The van der Waals surface area contributed by atoms with E-state index in [0.29, 0.717) is 10.0 Å². The van der Waals surface area contributed by atoms with E-state index in [9.17, 15) is 0 Å². The molecule has 2 aromatic carbocycles. The van der Waals surface area contributed by atoms with Gasteiger partial charge in [0.25, 0.3) is 0 Å². The molecular weight excluding hydrogens is 255 g/mol. The first-order valence-corrected chi connectivity index (χ1v) is 5.87. The van der Waals surface area contributed by atoms with Gasteiger partial charge < -0.3 is 10.6 Å². The standard InChI is InChI=1S/C13H12Cl2N2/c1-17(12-4-2-3-11(16)8-12)13-6-9(14)5-10(15)7-13/h2-8H,16H2,1H3. The molecule has 0 saturated carbocycles. The van der Waals surface area contributed by atoms with E-state index in [1.807, 2.05) is 48.3 Å². The van der Waals surface area contributed by atoms with Crippen molar-refractivity contribution in [3.8, 4) is 0 Å². The maximum atomic E-state index is 5.98. The second-order valence-corrected chi connectivity index (χ2v) is 4.65. The van der Waals surface area contributed by atoms with Gasteiger partial charge in [0.1, 0.15) is 0 Å². The Kier molecular flexibility index (Phi) is 3.46. The summed E-state index contributed by atoms with van der Waals surface area (Å²) in [5.74, 6) is 0. The van der Waals surface area contributed by atoms with Gasteiger partial charge in [0, 0.05) is 34.2 Å². The van der Waals surface area contributed by atoms with Crippen LogP contribution in [0.25, 0.3) is 0 Å². The van der Waals surface area contributed by atoms with Crippen LogP contribution >= 0.6 is 23.2 Å². The largest absolute Gasteiger partial charge is 0.399 e. The maximum absolute atomic E-state index is 5.98. The van der Waals surface area contributed by atoms with Crippen LogP contribution in [0.4, 0.5) is 17.1 Å². The van der Waals surface area contributed by atoms with Gasteiger partial charge in [-0.2, -0.15) is 0 Å². The highest BCUT2D eigenvalue weighted by Gasteiger charge is 2.06. The van der Waals surface area contributed by atoms with Gasteiger partial charge in [-0.05, 0) is 36.4 Å². The number of nitrogens with zero attached hydrogens (tertiary/aromatic N) is 1. The molecule has 2 rings (SSSR count). The predicted octanol–water partition coefficient (Wildman–Crippen LogP) is 4.34. The van der Waals surface area contributed by atoms with Crippen molar-refractivity contribution >= 4 is 40.3 Å². The average molecular weight is 267 g/mol. The van der Waals surface area contributed by atoms with E-state index < -0.39 is 0 Å². The van der Waals surface area contributed by atoms with Crippen molar-refractivity contribution < 1.29 is 0 Å². The van der Waals surface area contributed by atoms with E-state index in [-0.39, 0.29) is 0 Å². The molecular formula is C13H12Cl2N2. The Morgan fingerprint density at radius 1 is 0.941 bits per heavy atom. The summed E-state index contributed by atoms with van der Waals surface area (Å²) in [6.07, 6.45) is 0. The lowest BCUT2D eigenvalue weighted by Crippen LogP contribution is -2.09. The highest BCUT2D eigenvalue weighted by atomic mass is 35.5. The van der Waals surface area contributed by atoms with Gasteiger partial charge in [0.15, 0.2) is 0 Å². The summed E-state index contributed by atoms with van der Waals surface area (Å²) in [5, 5.41) is 1.23. The molecule has 0 aromatic heterocycles. The summed E-state index contributed by atoms with van der Waals surface area (Å²) >= 11 is 12.0. The molecule has 17 heavy (non-hydrogen) atoms. The smallest absolute Gasteiger partial charge is 0.0441 e. The number of anilines is 3. The van der Waals surface area contributed by atoms with Crippen LogP contribution in [0, 0.1) is 0 Å². The van der Waals surface area contributed by atoms with Crippen molar-refractivity contribution in [1.82, 2.24) is 0 Å². The lowest BCUT2D eigenvalue weighted by Gasteiger charge is -2.20. The number of halogens is 2. The fraction of sp³-hybridized carbons (Fsp3) is 0.0769. The summed E-state index contributed by atoms with van der Waals surface area (Å²) in [4.78, 5) is 1.98. The van der Waals surface area contributed by atoms with Gasteiger partial charge in [0.05, 0.1) is 0 Å². The second-order valence-electron chi connectivity index (χ2n) is 3.78. The van der Waals surface area contributed by atoms with Gasteiger partial charge in [0.2, 0.25) is 0 Å². The highest BCUT2D eigenvalue weighted by molar-refractivity contribution is 6.35. The summed E-state index contributed by atoms with van der Waals surface area (Å²) in [7, 11) is 1.94. The monoisotopic (exact) mass is 266 g/mol. The van der Waals surface area contributed by atoms with Gasteiger partial charge in [-0.1, -0.05) is 29.3 Å². The van der Waals surface area contributed by atoms with Crippen molar-refractivity contribution in [1.29, 1.82) is 0 Å².